The van der Waals surface area contributed by atoms with Gasteiger partial charge in [0.15, 0.2) is 0 Å². The normalized spacial score (nSPS) is 18.6. The van der Waals surface area contributed by atoms with Crippen molar-refractivity contribution in [1.29, 1.82) is 0 Å². The van der Waals surface area contributed by atoms with Gasteiger partial charge < -0.3 is 19.7 Å². The molecule has 1 atom stereocenters. The number of aryl methyl sites for hydroxylation is 1. The number of carbonyl (C=O) groups is 2. The van der Waals surface area contributed by atoms with Crippen LogP contribution in [-0.4, -0.2) is 39.6 Å². The van der Waals surface area contributed by atoms with Gasteiger partial charge in [-0.25, -0.2) is 14.6 Å². The number of aliphatic carboxylic acids is 1. The zero-order valence-electron chi connectivity index (χ0n) is 10.8. The number of rotatable bonds is 4. The summed E-state index contributed by atoms with van der Waals surface area (Å²) in [7, 11) is 0. The maximum absolute atomic E-state index is 11.9. The van der Waals surface area contributed by atoms with Gasteiger partial charge in [-0.3, -0.25) is 0 Å². The van der Waals surface area contributed by atoms with Gasteiger partial charge >= 0.3 is 12.0 Å². The number of nitrogens with one attached hydrogen (secondary N) is 1. The van der Waals surface area contributed by atoms with Crippen LogP contribution in [0.3, 0.4) is 0 Å². The highest BCUT2D eigenvalue weighted by Crippen LogP contribution is 2.17. The van der Waals surface area contributed by atoms with Crippen molar-refractivity contribution in [2.75, 3.05) is 6.54 Å². The van der Waals surface area contributed by atoms with Gasteiger partial charge in [-0.2, -0.15) is 0 Å². The average Bonchev–Trinajstić information content (AvgIpc) is 3.04. The van der Waals surface area contributed by atoms with Crippen molar-refractivity contribution >= 4 is 12.0 Å². The van der Waals surface area contributed by atoms with Crippen molar-refractivity contribution < 1.29 is 19.1 Å². The Labute approximate surface area is 110 Å². The van der Waals surface area contributed by atoms with E-state index < -0.39 is 12.0 Å². The highest BCUT2D eigenvalue weighted by Gasteiger charge is 2.33. The first-order chi connectivity index (χ1) is 9.11. The molecule has 2 rings (SSSR count). The van der Waals surface area contributed by atoms with Crippen molar-refractivity contribution in [3.63, 3.8) is 0 Å². The van der Waals surface area contributed by atoms with Gasteiger partial charge in [0, 0.05) is 13.0 Å². The number of hydrogen-bond acceptors (Lipinski definition) is 4. The van der Waals surface area contributed by atoms with Gasteiger partial charge in [-0.15, -0.1) is 0 Å². The second kappa shape index (κ2) is 5.73. The predicted octanol–water partition coefficient (Wildman–Crippen LogP) is 0.996. The highest BCUT2D eigenvalue weighted by molar-refractivity contribution is 5.83. The Hall–Kier alpha value is -2.05. The highest BCUT2D eigenvalue weighted by atomic mass is 16.4. The molecule has 0 bridgehead atoms. The van der Waals surface area contributed by atoms with Crippen molar-refractivity contribution in [3.8, 4) is 0 Å². The molecule has 0 spiro atoms. The fourth-order valence-corrected chi connectivity index (χ4v) is 2.11. The minimum absolute atomic E-state index is 0.168. The van der Waals surface area contributed by atoms with E-state index >= 15 is 0 Å². The van der Waals surface area contributed by atoms with E-state index in [2.05, 4.69) is 10.3 Å². The number of aromatic nitrogens is 1. The third kappa shape index (κ3) is 3.04. The summed E-state index contributed by atoms with van der Waals surface area (Å²) in [5, 5.41) is 11.6. The number of carbonyl (C=O) groups excluding carboxylic acids is 1. The fourth-order valence-electron chi connectivity index (χ4n) is 2.11. The van der Waals surface area contributed by atoms with Gasteiger partial charge in [0.2, 0.25) is 5.89 Å². The summed E-state index contributed by atoms with van der Waals surface area (Å²) in [4.78, 5) is 28.2. The quantitative estimate of drug-likeness (QED) is 0.848. The minimum atomic E-state index is -0.961. The molecular formula is C12H17N3O4. The lowest BCUT2D eigenvalue weighted by Crippen LogP contribution is -2.45. The third-order valence-corrected chi connectivity index (χ3v) is 3.14. The second-order valence-corrected chi connectivity index (χ2v) is 4.42. The Balaban J connectivity index is 1.88. The summed E-state index contributed by atoms with van der Waals surface area (Å²) in [5.41, 5.74) is 0. The topological polar surface area (TPSA) is 95.7 Å². The maximum Gasteiger partial charge on any atom is 0.326 e. The molecule has 1 aliphatic heterocycles. The van der Waals surface area contributed by atoms with Crippen LogP contribution in [0.5, 0.6) is 0 Å². The standard InChI is InChI=1S/C12H17N3O4/c1-2-8-6-13-10(19-8)7-14-12(18)15-5-3-4-9(15)11(16)17/h6,9H,2-5,7H2,1H3,(H,14,18)(H,16,17)/t9-/m1/s1. The fraction of sp³-hybridized carbons (Fsp3) is 0.583. The molecule has 2 heterocycles. The lowest BCUT2D eigenvalue weighted by Gasteiger charge is -2.21. The lowest BCUT2D eigenvalue weighted by molar-refractivity contribution is -0.141. The van der Waals surface area contributed by atoms with E-state index in [1.165, 1.54) is 4.90 Å². The number of oxazole rings is 1. The number of hydrogen-bond donors (Lipinski definition) is 2. The number of carboxylic acids is 1. The zero-order chi connectivity index (χ0) is 13.8. The van der Waals surface area contributed by atoms with E-state index in [1.54, 1.807) is 6.20 Å². The molecular weight excluding hydrogens is 250 g/mol. The van der Waals surface area contributed by atoms with E-state index in [0.29, 0.717) is 25.3 Å². The van der Waals surface area contributed by atoms with Crippen LogP contribution in [0.15, 0.2) is 10.6 Å². The van der Waals surface area contributed by atoms with Crippen LogP contribution in [-0.2, 0) is 17.8 Å². The Morgan fingerprint density at radius 3 is 3.05 bits per heavy atom. The van der Waals surface area contributed by atoms with Gasteiger partial charge in [0.1, 0.15) is 11.8 Å². The van der Waals surface area contributed by atoms with Crippen LogP contribution in [0.2, 0.25) is 0 Å². The lowest BCUT2D eigenvalue weighted by atomic mass is 10.2. The molecule has 1 aliphatic rings. The van der Waals surface area contributed by atoms with E-state index in [1.807, 2.05) is 6.92 Å². The van der Waals surface area contributed by atoms with Crippen molar-refractivity contribution in [1.82, 2.24) is 15.2 Å². The molecule has 0 aliphatic carbocycles. The molecule has 1 fully saturated rings. The first-order valence-corrected chi connectivity index (χ1v) is 6.32. The van der Waals surface area contributed by atoms with Gasteiger partial charge in [-0.05, 0) is 12.8 Å². The average molecular weight is 267 g/mol. The molecule has 1 aromatic rings. The van der Waals surface area contributed by atoms with E-state index in [-0.39, 0.29) is 12.6 Å². The van der Waals surface area contributed by atoms with Crippen LogP contribution in [0.1, 0.15) is 31.4 Å². The molecule has 104 valence electrons. The maximum atomic E-state index is 11.9. The monoisotopic (exact) mass is 267 g/mol. The number of nitrogens with zero attached hydrogens (tertiary/aromatic N) is 2. The molecule has 19 heavy (non-hydrogen) atoms. The Kier molecular flexibility index (Phi) is 4.03. The Morgan fingerprint density at radius 1 is 1.63 bits per heavy atom. The van der Waals surface area contributed by atoms with Crippen molar-refractivity contribution in [2.24, 2.45) is 0 Å². The van der Waals surface area contributed by atoms with Gasteiger partial charge in [0.05, 0.1) is 12.7 Å². The minimum Gasteiger partial charge on any atom is -0.480 e. The zero-order valence-corrected chi connectivity index (χ0v) is 10.8. The van der Waals surface area contributed by atoms with E-state index in [4.69, 9.17) is 9.52 Å². The first-order valence-electron chi connectivity index (χ1n) is 6.32. The number of likely N-dealkylation sites (tertiary alicyclic amines) is 1. The Bertz CT molecular complexity index is 471. The predicted molar refractivity (Wildman–Crippen MR) is 65.5 cm³/mol. The summed E-state index contributed by atoms with van der Waals surface area (Å²) in [5.74, 6) is 0.224. The van der Waals surface area contributed by atoms with E-state index in [0.717, 1.165) is 12.2 Å². The SMILES string of the molecule is CCc1cnc(CNC(=O)N2CCC[C@@H]2C(=O)O)o1. The van der Waals surface area contributed by atoms with Crippen LogP contribution >= 0.6 is 0 Å². The molecule has 1 saturated heterocycles. The van der Waals surface area contributed by atoms with Crippen LogP contribution < -0.4 is 5.32 Å². The summed E-state index contributed by atoms with van der Waals surface area (Å²) >= 11 is 0. The van der Waals surface area contributed by atoms with E-state index in [9.17, 15) is 9.59 Å². The second-order valence-electron chi connectivity index (χ2n) is 4.42. The summed E-state index contributed by atoms with van der Waals surface area (Å²) < 4.78 is 5.36. The molecule has 2 amide bonds. The third-order valence-electron chi connectivity index (χ3n) is 3.14. The smallest absolute Gasteiger partial charge is 0.326 e. The van der Waals surface area contributed by atoms with Crippen LogP contribution in [0, 0.1) is 0 Å². The number of carboxylic acid groups (broad SMARTS) is 1. The molecule has 0 aromatic carbocycles. The summed E-state index contributed by atoms with van der Waals surface area (Å²) in [6.07, 6.45) is 3.58. The van der Waals surface area contributed by atoms with Crippen molar-refractivity contribution in [3.05, 3.63) is 17.8 Å². The van der Waals surface area contributed by atoms with Crippen molar-refractivity contribution in [2.45, 2.75) is 38.8 Å². The van der Waals surface area contributed by atoms with Gasteiger partial charge in [0.25, 0.3) is 0 Å². The first kappa shape index (κ1) is 13.4. The molecule has 0 radical (unpaired) electrons. The largest absolute Gasteiger partial charge is 0.480 e. The Morgan fingerprint density at radius 2 is 2.42 bits per heavy atom. The summed E-state index contributed by atoms with van der Waals surface area (Å²) in [6.45, 7) is 2.58. The number of urea groups is 1. The molecule has 1 aromatic heterocycles. The van der Waals surface area contributed by atoms with Crippen LogP contribution in [0.4, 0.5) is 4.79 Å². The van der Waals surface area contributed by atoms with Gasteiger partial charge in [-0.1, -0.05) is 6.92 Å². The van der Waals surface area contributed by atoms with Crippen LogP contribution in [0.25, 0.3) is 0 Å². The number of amides is 2. The molecule has 7 nitrogen and oxygen atoms in total. The molecule has 0 unspecified atom stereocenters. The molecule has 2 N–H and O–H groups in total. The summed E-state index contributed by atoms with van der Waals surface area (Å²) in [6, 6.07) is -1.11. The molecule has 0 saturated carbocycles. The molecule has 7 heteroatoms.